The van der Waals surface area contributed by atoms with E-state index in [0.717, 1.165) is 17.1 Å². The SMILES string of the molecule is c1ccc(N(c2cccc3c2-c2ccccc2C32c3ccccc3-n3c4ccccc4c4cccc2c43)c2cc3c(c4ccccc24)-c2ccccc2C32c3ccccc3-c3ccccc32)cc1. The van der Waals surface area contributed by atoms with Crippen molar-refractivity contribution in [1.29, 1.82) is 0 Å². The predicted octanol–water partition coefficient (Wildman–Crippen LogP) is 16.4. The van der Waals surface area contributed by atoms with Crippen molar-refractivity contribution in [3.05, 3.63) is 287 Å². The van der Waals surface area contributed by atoms with Crippen molar-refractivity contribution in [3.63, 3.8) is 0 Å². The average molecular weight is 861 g/mol. The maximum atomic E-state index is 2.59. The van der Waals surface area contributed by atoms with Crippen LogP contribution < -0.4 is 4.90 Å². The van der Waals surface area contributed by atoms with Gasteiger partial charge in [0.2, 0.25) is 0 Å². The Kier molecular flexibility index (Phi) is 6.98. The molecule has 2 heteroatoms. The Bertz CT molecular complexity index is 4130. The molecular weight excluding hydrogens is 821 g/mol. The molecule has 0 fully saturated rings. The predicted molar refractivity (Wildman–Crippen MR) is 280 cm³/mol. The second kappa shape index (κ2) is 13.0. The van der Waals surface area contributed by atoms with E-state index in [1.807, 2.05) is 0 Å². The summed E-state index contributed by atoms with van der Waals surface area (Å²) in [7, 11) is 0. The Hall–Kier alpha value is -8.72. The quantitative estimate of drug-likeness (QED) is 0.172. The van der Waals surface area contributed by atoms with Crippen molar-refractivity contribution in [1.82, 2.24) is 4.57 Å². The van der Waals surface area contributed by atoms with Gasteiger partial charge in [-0.25, -0.2) is 0 Å². The highest BCUT2D eigenvalue weighted by Crippen LogP contribution is 2.67. The number of fused-ring (bicyclic) bond motifs is 24. The molecule has 0 bridgehead atoms. The molecule has 0 saturated carbocycles. The zero-order valence-electron chi connectivity index (χ0n) is 37.0. The van der Waals surface area contributed by atoms with Gasteiger partial charge in [-0.05, 0) is 114 Å². The molecule has 314 valence electrons. The minimum atomic E-state index is -0.576. The van der Waals surface area contributed by atoms with Crippen LogP contribution in [-0.4, -0.2) is 4.57 Å². The average Bonchev–Trinajstić information content (AvgIpc) is 4.10. The van der Waals surface area contributed by atoms with E-state index in [4.69, 9.17) is 0 Å². The highest BCUT2D eigenvalue weighted by atomic mass is 15.1. The van der Waals surface area contributed by atoms with Gasteiger partial charge in [-0.15, -0.1) is 0 Å². The van der Waals surface area contributed by atoms with Gasteiger partial charge in [0, 0.05) is 27.4 Å². The minimum Gasteiger partial charge on any atom is -0.309 e. The normalized spacial score (nSPS) is 15.8. The molecule has 0 N–H and O–H groups in total. The van der Waals surface area contributed by atoms with Gasteiger partial charge >= 0.3 is 0 Å². The first kappa shape index (κ1) is 36.5. The molecule has 11 aromatic carbocycles. The second-order valence-electron chi connectivity index (χ2n) is 19.0. The second-order valence-corrected chi connectivity index (χ2v) is 19.0. The molecular formula is C66H40N2. The Morgan fingerprint density at radius 3 is 1.50 bits per heavy atom. The third-order valence-electron chi connectivity index (χ3n) is 16.2. The lowest BCUT2D eigenvalue weighted by atomic mass is 9.65. The van der Waals surface area contributed by atoms with Crippen molar-refractivity contribution >= 4 is 49.6 Å². The maximum Gasteiger partial charge on any atom is 0.0755 e. The van der Waals surface area contributed by atoms with Crippen LogP contribution in [0.25, 0.3) is 71.6 Å². The molecule has 1 aromatic heterocycles. The van der Waals surface area contributed by atoms with Crippen LogP contribution in [0.4, 0.5) is 17.1 Å². The number of anilines is 3. The minimum absolute atomic E-state index is 0.501. The summed E-state index contributed by atoms with van der Waals surface area (Å²) in [5.41, 5.74) is 24.5. The fraction of sp³-hybridized carbons (Fsp3) is 0.0303. The Morgan fingerprint density at radius 1 is 0.294 bits per heavy atom. The third-order valence-corrected chi connectivity index (χ3v) is 16.2. The van der Waals surface area contributed by atoms with Gasteiger partial charge in [0.15, 0.2) is 0 Å². The van der Waals surface area contributed by atoms with Gasteiger partial charge in [0.05, 0.1) is 38.9 Å². The summed E-state index contributed by atoms with van der Waals surface area (Å²) < 4.78 is 2.53. The molecule has 1 aliphatic heterocycles. The summed E-state index contributed by atoms with van der Waals surface area (Å²) in [5.74, 6) is 0. The van der Waals surface area contributed by atoms with E-state index < -0.39 is 10.8 Å². The fourth-order valence-corrected chi connectivity index (χ4v) is 13.9. The van der Waals surface area contributed by atoms with Crippen molar-refractivity contribution < 1.29 is 0 Å². The van der Waals surface area contributed by atoms with E-state index in [9.17, 15) is 0 Å². The van der Waals surface area contributed by atoms with Gasteiger partial charge in [-0.1, -0.05) is 206 Å². The lowest BCUT2D eigenvalue weighted by Gasteiger charge is -2.39. The van der Waals surface area contributed by atoms with Gasteiger partial charge in [-0.2, -0.15) is 0 Å². The van der Waals surface area contributed by atoms with E-state index in [2.05, 4.69) is 252 Å². The van der Waals surface area contributed by atoms with Gasteiger partial charge in [0.1, 0.15) is 0 Å². The first-order valence-corrected chi connectivity index (χ1v) is 23.9. The van der Waals surface area contributed by atoms with Crippen LogP contribution in [0.5, 0.6) is 0 Å². The lowest BCUT2D eigenvalue weighted by molar-refractivity contribution is 0.748. The smallest absolute Gasteiger partial charge is 0.0755 e. The van der Waals surface area contributed by atoms with Crippen molar-refractivity contribution in [3.8, 4) is 39.1 Å². The topological polar surface area (TPSA) is 8.17 Å². The number of rotatable bonds is 3. The summed E-state index contributed by atoms with van der Waals surface area (Å²) in [6, 6.07) is 91.8. The number of benzene rings is 11. The highest BCUT2D eigenvalue weighted by molar-refractivity contribution is 6.15. The molecule has 2 nitrogen and oxygen atoms in total. The first-order chi connectivity index (χ1) is 33.8. The van der Waals surface area contributed by atoms with Gasteiger partial charge in [0.25, 0.3) is 0 Å². The monoisotopic (exact) mass is 860 g/mol. The number of para-hydroxylation sites is 4. The highest BCUT2D eigenvalue weighted by Gasteiger charge is 2.54. The molecule has 3 aliphatic carbocycles. The molecule has 4 aliphatic rings. The molecule has 2 heterocycles. The molecule has 12 aromatic rings. The van der Waals surface area contributed by atoms with E-state index >= 15 is 0 Å². The van der Waals surface area contributed by atoms with Gasteiger partial charge < -0.3 is 9.47 Å². The largest absolute Gasteiger partial charge is 0.309 e. The van der Waals surface area contributed by atoms with Crippen LogP contribution in [0.3, 0.4) is 0 Å². The van der Waals surface area contributed by atoms with Crippen molar-refractivity contribution in [2.24, 2.45) is 0 Å². The molecule has 0 amide bonds. The molecule has 2 spiro atoms. The molecule has 0 saturated heterocycles. The van der Waals surface area contributed by atoms with Crippen molar-refractivity contribution in [2.75, 3.05) is 4.90 Å². The Labute approximate surface area is 394 Å². The zero-order valence-corrected chi connectivity index (χ0v) is 37.0. The summed E-state index contributed by atoms with van der Waals surface area (Å²) in [4.78, 5) is 2.59. The standard InChI is InChI=1S/C66H40N2/c1-2-20-41(21-3-1)67(61-40-57-62(46-26-5-4-24-44(46)61)48-27-8-13-32-52(48)65(57)50-30-11-6-22-42(50)43-23-7-12-31-51(43)65)60-39-19-35-55-63(60)49-28-9-14-33-53(49)66(55)54-34-15-17-38-59(54)68-58-37-16-10-25-45(58)47-29-18-36-56(66)64(47)68/h1-40H. The Morgan fingerprint density at radius 2 is 0.779 bits per heavy atom. The summed E-state index contributed by atoms with van der Waals surface area (Å²) >= 11 is 0. The van der Waals surface area contributed by atoms with Crippen LogP contribution in [0, 0.1) is 0 Å². The van der Waals surface area contributed by atoms with Crippen LogP contribution in [0.15, 0.2) is 243 Å². The number of aromatic nitrogens is 1. The first-order valence-electron chi connectivity index (χ1n) is 23.9. The van der Waals surface area contributed by atoms with E-state index in [-0.39, 0.29) is 0 Å². The van der Waals surface area contributed by atoms with Crippen LogP contribution in [-0.2, 0) is 10.8 Å². The van der Waals surface area contributed by atoms with E-state index in [1.165, 1.54) is 116 Å². The molecule has 16 rings (SSSR count). The van der Waals surface area contributed by atoms with Crippen molar-refractivity contribution in [2.45, 2.75) is 10.8 Å². The molecule has 1 atom stereocenters. The van der Waals surface area contributed by atoms with Crippen LogP contribution >= 0.6 is 0 Å². The molecule has 68 heavy (non-hydrogen) atoms. The number of hydrogen-bond donors (Lipinski definition) is 0. The molecule has 0 radical (unpaired) electrons. The number of hydrogen-bond acceptors (Lipinski definition) is 1. The number of nitrogens with zero attached hydrogens (tertiary/aromatic N) is 2. The van der Waals surface area contributed by atoms with Gasteiger partial charge in [-0.3, -0.25) is 0 Å². The Balaban J connectivity index is 1.04. The summed E-state index contributed by atoms with van der Waals surface area (Å²) in [6.07, 6.45) is 0. The third kappa shape index (κ3) is 4.18. The summed E-state index contributed by atoms with van der Waals surface area (Å²) in [6.45, 7) is 0. The molecule has 1 unspecified atom stereocenters. The van der Waals surface area contributed by atoms with Crippen LogP contribution in [0.1, 0.15) is 44.5 Å². The fourth-order valence-electron chi connectivity index (χ4n) is 13.9. The lowest BCUT2D eigenvalue weighted by Crippen LogP contribution is -2.33. The zero-order chi connectivity index (χ0) is 44.3. The van der Waals surface area contributed by atoms with Crippen LogP contribution in [0.2, 0.25) is 0 Å². The van der Waals surface area contributed by atoms with E-state index in [0.29, 0.717) is 0 Å². The van der Waals surface area contributed by atoms with E-state index in [1.54, 1.807) is 0 Å². The maximum absolute atomic E-state index is 2.59. The summed E-state index contributed by atoms with van der Waals surface area (Å²) in [5, 5.41) is 5.05.